The number of hydrogen-bond acceptors (Lipinski definition) is 4. The zero-order valence-electron chi connectivity index (χ0n) is 11.7. The van der Waals surface area contributed by atoms with Crippen LogP contribution in [0, 0.1) is 11.2 Å². The summed E-state index contributed by atoms with van der Waals surface area (Å²) in [6.07, 6.45) is 2.46. The van der Waals surface area contributed by atoms with Crippen LogP contribution in [0.5, 0.6) is 0 Å². The molecule has 0 saturated heterocycles. The van der Waals surface area contributed by atoms with Gasteiger partial charge in [0.05, 0.1) is 19.1 Å². The molecule has 1 N–H and O–H groups in total. The van der Waals surface area contributed by atoms with E-state index in [-0.39, 0.29) is 16.9 Å². The van der Waals surface area contributed by atoms with E-state index in [1.807, 2.05) is 0 Å². The third-order valence-electron chi connectivity index (χ3n) is 3.64. The average Bonchev–Trinajstić information content (AvgIpc) is 3.18. The van der Waals surface area contributed by atoms with E-state index in [1.165, 1.54) is 19.2 Å². The molecule has 1 aliphatic carbocycles. The van der Waals surface area contributed by atoms with Gasteiger partial charge < -0.3 is 9.84 Å². The van der Waals surface area contributed by atoms with Crippen LogP contribution in [0.2, 0.25) is 0 Å². The smallest absolute Gasteiger partial charge is 0.338 e. The van der Waals surface area contributed by atoms with Gasteiger partial charge in [0.2, 0.25) is 0 Å². The number of carbonyl (C=O) groups is 2. The van der Waals surface area contributed by atoms with Crippen molar-refractivity contribution < 1.29 is 23.8 Å². The van der Waals surface area contributed by atoms with Gasteiger partial charge in [0.15, 0.2) is 0 Å². The number of carboxylic acid groups (broad SMARTS) is 1. The van der Waals surface area contributed by atoms with Gasteiger partial charge in [-0.05, 0) is 41.7 Å². The Labute approximate surface area is 126 Å². The van der Waals surface area contributed by atoms with Gasteiger partial charge >= 0.3 is 11.9 Å². The van der Waals surface area contributed by atoms with Crippen LogP contribution in [0.15, 0.2) is 18.2 Å². The van der Waals surface area contributed by atoms with E-state index in [2.05, 4.69) is 4.74 Å². The van der Waals surface area contributed by atoms with Gasteiger partial charge in [-0.1, -0.05) is 6.07 Å². The molecular formula is C15H17FO4S. The van der Waals surface area contributed by atoms with Crippen molar-refractivity contribution in [3.05, 3.63) is 35.1 Å². The van der Waals surface area contributed by atoms with Crippen LogP contribution < -0.4 is 0 Å². The second-order valence-corrected chi connectivity index (χ2v) is 6.35. The fraction of sp³-hybridized carbons (Fsp3) is 0.467. The van der Waals surface area contributed by atoms with Crippen molar-refractivity contribution in [3.63, 3.8) is 0 Å². The minimum Gasteiger partial charge on any atom is -0.478 e. The van der Waals surface area contributed by atoms with Crippen molar-refractivity contribution in [2.24, 2.45) is 5.41 Å². The van der Waals surface area contributed by atoms with Gasteiger partial charge in [-0.15, -0.1) is 0 Å². The van der Waals surface area contributed by atoms with Gasteiger partial charge in [0.1, 0.15) is 5.82 Å². The number of aromatic carboxylic acids is 1. The minimum absolute atomic E-state index is 0.0390. The molecule has 21 heavy (non-hydrogen) atoms. The first-order chi connectivity index (χ1) is 9.96. The van der Waals surface area contributed by atoms with Crippen LogP contribution in [-0.2, 0) is 15.3 Å². The topological polar surface area (TPSA) is 63.6 Å². The van der Waals surface area contributed by atoms with Crippen molar-refractivity contribution in [1.82, 2.24) is 0 Å². The van der Waals surface area contributed by atoms with Crippen molar-refractivity contribution in [2.45, 2.75) is 25.0 Å². The Balaban J connectivity index is 1.85. The summed E-state index contributed by atoms with van der Waals surface area (Å²) in [6.45, 7) is 0. The summed E-state index contributed by atoms with van der Waals surface area (Å²) in [5, 5.41) is 8.77. The molecule has 2 rings (SSSR count). The number of halogens is 1. The Hall–Kier alpha value is -1.56. The lowest BCUT2D eigenvalue weighted by Gasteiger charge is -2.13. The predicted octanol–water partition coefficient (Wildman–Crippen LogP) is 3.10. The molecule has 0 bridgehead atoms. The highest BCUT2D eigenvalue weighted by atomic mass is 32.2. The molecule has 4 nitrogen and oxygen atoms in total. The highest BCUT2D eigenvalue weighted by Crippen LogP contribution is 2.51. The van der Waals surface area contributed by atoms with Crippen LogP contribution in [0.4, 0.5) is 4.39 Å². The minimum atomic E-state index is -1.26. The third kappa shape index (κ3) is 4.20. The molecule has 0 unspecified atom stereocenters. The number of rotatable bonds is 7. The summed E-state index contributed by atoms with van der Waals surface area (Å²) >= 11 is 1.63. The molecule has 0 heterocycles. The second-order valence-electron chi connectivity index (χ2n) is 5.37. The fourth-order valence-corrected chi connectivity index (χ4v) is 3.48. The highest BCUT2D eigenvalue weighted by Gasteiger charge is 2.44. The normalized spacial score (nSPS) is 15.5. The lowest BCUT2D eigenvalue weighted by atomic mass is 10.1. The summed E-state index contributed by atoms with van der Waals surface area (Å²) < 4.78 is 18.2. The maximum atomic E-state index is 13.5. The van der Waals surface area contributed by atoms with Gasteiger partial charge in [0, 0.05) is 5.75 Å². The van der Waals surface area contributed by atoms with Crippen molar-refractivity contribution in [2.75, 3.05) is 12.9 Å². The second kappa shape index (κ2) is 6.47. The van der Waals surface area contributed by atoms with Gasteiger partial charge in [0.25, 0.3) is 0 Å². The van der Waals surface area contributed by atoms with E-state index < -0.39 is 11.8 Å². The molecule has 114 valence electrons. The number of ether oxygens (including phenoxy) is 1. The van der Waals surface area contributed by atoms with E-state index >= 15 is 0 Å². The van der Waals surface area contributed by atoms with Crippen LogP contribution in [0.1, 0.15) is 35.2 Å². The summed E-state index contributed by atoms with van der Waals surface area (Å²) in [7, 11) is 1.39. The van der Waals surface area contributed by atoms with Crippen molar-refractivity contribution >= 4 is 23.7 Å². The highest BCUT2D eigenvalue weighted by molar-refractivity contribution is 7.98. The molecule has 1 fully saturated rings. The first-order valence-corrected chi connectivity index (χ1v) is 7.77. The Morgan fingerprint density at radius 3 is 2.67 bits per heavy atom. The lowest BCUT2D eigenvalue weighted by Crippen LogP contribution is -2.13. The number of carbonyl (C=O) groups excluding carboxylic acids is 1. The van der Waals surface area contributed by atoms with Crippen molar-refractivity contribution in [1.29, 1.82) is 0 Å². The third-order valence-corrected chi connectivity index (χ3v) is 5.00. The lowest BCUT2D eigenvalue weighted by molar-refractivity contribution is -0.141. The maximum absolute atomic E-state index is 13.5. The predicted molar refractivity (Wildman–Crippen MR) is 77.8 cm³/mol. The number of benzene rings is 1. The largest absolute Gasteiger partial charge is 0.478 e. The number of thioether (sulfide) groups is 1. The van der Waals surface area contributed by atoms with E-state index in [0.717, 1.165) is 24.2 Å². The number of carboxylic acids is 1. The Bertz CT molecular complexity index is 555. The average molecular weight is 312 g/mol. The molecule has 6 heteroatoms. The maximum Gasteiger partial charge on any atom is 0.338 e. The first-order valence-electron chi connectivity index (χ1n) is 6.62. The van der Waals surface area contributed by atoms with Crippen LogP contribution in [0.25, 0.3) is 0 Å². The first kappa shape index (κ1) is 15.8. The molecule has 0 amide bonds. The molecule has 1 saturated carbocycles. The molecular weight excluding hydrogens is 295 g/mol. The molecule has 0 radical (unpaired) electrons. The fourth-order valence-electron chi connectivity index (χ4n) is 2.13. The molecule has 1 aromatic rings. The van der Waals surface area contributed by atoms with Gasteiger partial charge in [-0.25, -0.2) is 9.18 Å². The summed E-state index contributed by atoms with van der Waals surface area (Å²) in [5.74, 6) is -0.743. The Kier molecular flexibility index (Phi) is 4.88. The van der Waals surface area contributed by atoms with Crippen LogP contribution in [0.3, 0.4) is 0 Å². The molecule has 0 spiro atoms. The molecule has 0 aromatic heterocycles. The molecule has 0 atom stereocenters. The number of methoxy groups -OCH3 is 1. The number of esters is 1. The van der Waals surface area contributed by atoms with Crippen molar-refractivity contribution in [3.8, 4) is 0 Å². The quantitative estimate of drug-likeness (QED) is 0.784. The standard InChI is InChI=1S/C15H17FO4S/c1-20-13(17)7-15(4-5-15)9-21-8-10-2-3-11(14(18)19)12(16)6-10/h2-3,6H,4-5,7-9H2,1H3,(H,18,19). The van der Waals surface area contributed by atoms with E-state index in [4.69, 9.17) is 5.11 Å². The van der Waals surface area contributed by atoms with E-state index in [1.54, 1.807) is 17.8 Å². The molecule has 0 aliphatic heterocycles. The monoisotopic (exact) mass is 312 g/mol. The Morgan fingerprint density at radius 1 is 1.43 bits per heavy atom. The van der Waals surface area contributed by atoms with Crippen LogP contribution in [-0.4, -0.2) is 29.9 Å². The zero-order valence-corrected chi connectivity index (χ0v) is 12.5. The Morgan fingerprint density at radius 2 is 2.14 bits per heavy atom. The SMILES string of the molecule is COC(=O)CC1(CSCc2ccc(C(=O)O)c(F)c2)CC1. The van der Waals surface area contributed by atoms with E-state index in [9.17, 15) is 14.0 Å². The zero-order chi connectivity index (χ0) is 15.5. The van der Waals surface area contributed by atoms with E-state index in [0.29, 0.717) is 12.2 Å². The molecule has 1 aromatic carbocycles. The molecule has 1 aliphatic rings. The van der Waals surface area contributed by atoms with Crippen LogP contribution >= 0.6 is 11.8 Å². The number of hydrogen-bond donors (Lipinski definition) is 1. The summed E-state index contributed by atoms with van der Waals surface area (Å²) in [6, 6.07) is 4.17. The summed E-state index contributed by atoms with van der Waals surface area (Å²) in [4.78, 5) is 22.0. The van der Waals surface area contributed by atoms with Gasteiger partial charge in [-0.2, -0.15) is 11.8 Å². The van der Waals surface area contributed by atoms with Gasteiger partial charge in [-0.3, -0.25) is 4.79 Å². The summed E-state index contributed by atoms with van der Waals surface area (Å²) in [5.41, 5.74) is 0.474.